The van der Waals surface area contributed by atoms with Gasteiger partial charge in [0.1, 0.15) is 11.3 Å². The molecular formula is C15H14BrNO7. The number of aryl methyl sites for hydroxylation is 1. The Balaban J connectivity index is 2.60. The third-order valence-corrected chi connectivity index (χ3v) is 3.97. The van der Waals surface area contributed by atoms with Crippen molar-refractivity contribution in [3.05, 3.63) is 38.2 Å². The van der Waals surface area contributed by atoms with Crippen LogP contribution in [0.25, 0.3) is 11.0 Å². The first-order valence-corrected chi connectivity index (χ1v) is 7.59. The molecule has 0 atom stereocenters. The minimum atomic E-state index is -1.22. The summed E-state index contributed by atoms with van der Waals surface area (Å²) >= 11 is 3.19. The highest BCUT2D eigenvalue weighted by Gasteiger charge is 2.21. The topological polar surface area (TPSA) is 128 Å². The molecule has 0 saturated carbocycles. The second kappa shape index (κ2) is 7.02. The average molecular weight is 400 g/mol. The molecule has 0 aliphatic carbocycles. The van der Waals surface area contributed by atoms with Crippen LogP contribution in [0.15, 0.2) is 25.8 Å². The van der Waals surface area contributed by atoms with E-state index in [1.54, 1.807) is 13.0 Å². The van der Waals surface area contributed by atoms with Gasteiger partial charge in [-0.15, -0.1) is 0 Å². The molecule has 0 unspecified atom stereocenters. The fraction of sp³-hybridized carbons (Fsp3) is 0.267. The first-order valence-electron chi connectivity index (χ1n) is 6.79. The number of aliphatic carboxylic acids is 2. The fourth-order valence-electron chi connectivity index (χ4n) is 2.39. The lowest BCUT2D eigenvalue weighted by Gasteiger charge is -2.20. The van der Waals surface area contributed by atoms with Crippen molar-refractivity contribution in [1.29, 1.82) is 0 Å². The molecule has 0 aliphatic rings. The van der Waals surface area contributed by atoms with Gasteiger partial charge in [0.15, 0.2) is 0 Å². The maximum Gasteiger partial charge on any atom is 0.336 e. The highest BCUT2D eigenvalue weighted by molar-refractivity contribution is 9.10. The van der Waals surface area contributed by atoms with Crippen molar-refractivity contribution in [2.75, 3.05) is 13.1 Å². The minimum absolute atomic E-state index is 0.0986. The van der Waals surface area contributed by atoms with E-state index in [2.05, 4.69) is 15.9 Å². The minimum Gasteiger partial charge on any atom is -0.506 e. The number of phenols is 1. The number of benzene rings is 1. The molecular weight excluding hydrogens is 386 g/mol. The van der Waals surface area contributed by atoms with E-state index in [4.69, 9.17) is 14.6 Å². The number of halogens is 1. The van der Waals surface area contributed by atoms with E-state index < -0.39 is 30.7 Å². The van der Waals surface area contributed by atoms with E-state index in [1.165, 1.54) is 6.07 Å². The summed E-state index contributed by atoms with van der Waals surface area (Å²) < 4.78 is 5.49. The predicted molar refractivity (Wildman–Crippen MR) is 87.1 cm³/mol. The summed E-state index contributed by atoms with van der Waals surface area (Å²) in [7, 11) is 0. The standard InChI is InChI=1S/C15H14BrNO7/c1-7-2-13(22)24-15-8(7)3-10(16)14(23)9(15)4-17(5-11(18)19)6-12(20)21/h2-3,23H,4-6H2,1H3,(H,18,19)(H,20,21). The molecule has 0 aliphatic heterocycles. The van der Waals surface area contributed by atoms with Crippen molar-refractivity contribution in [3.63, 3.8) is 0 Å². The summed E-state index contributed by atoms with van der Waals surface area (Å²) in [6.07, 6.45) is 0. The molecule has 2 aromatic rings. The Bertz CT molecular complexity index is 858. The van der Waals surface area contributed by atoms with Crippen LogP contribution in [0.4, 0.5) is 0 Å². The molecule has 9 heteroatoms. The zero-order valence-electron chi connectivity index (χ0n) is 12.6. The Morgan fingerprint density at radius 2 is 1.79 bits per heavy atom. The number of fused-ring (bicyclic) bond motifs is 1. The van der Waals surface area contributed by atoms with E-state index >= 15 is 0 Å². The van der Waals surface area contributed by atoms with Crippen LogP contribution in [-0.2, 0) is 16.1 Å². The van der Waals surface area contributed by atoms with Crippen molar-refractivity contribution in [2.45, 2.75) is 13.5 Å². The smallest absolute Gasteiger partial charge is 0.336 e. The van der Waals surface area contributed by atoms with Crippen molar-refractivity contribution in [1.82, 2.24) is 4.90 Å². The van der Waals surface area contributed by atoms with E-state index in [-0.39, 0.29) is 23.4 Å². The van der Waals surface area contributed by atoms with E-state index in [0.29, 0.717) is 15.4 Å². The fourth-order valence-corrected chi connectivity index (χ4v) is 2.86. The molecule has 0 radical (unpaired) electrons. The quantitative estimate of drug-likeness (QED) is 0.623. The van der Waals surface area contributed by atoms with Crippen LogP contribution in [-0.4, -0.2) is 45.2 Å². The number of carboxylic acids is 2. The largest absolute Gasteiger partial charge is 0.506 e. The molecule has 0 saturated heterocycles. The Labute approximate surface area is 144 Å². The number of rotatable bonds is 6. The Morgan fingerprint density at radius 1 is 1.21 bits per heavy atom. The number of nitrogens with zero attached hydrogens (tertiary/aromatic N) is 1. The van der Waals surface area contributed by atoms with Gasteiger partial charge in [-0.2, -0.15) is 0 Å². The van der Waals surface area contributed by atoms with Gasteiger partial charge in [-0.1, -0.05) is 0 Å². The lowest BCUT2D eigenvalue weighted by Crippen LogP contribution is -2.34. The first kappa shape index (κ1) is 18.0. The maximum absolute atomic E-state index is 11.6. The molecule has 2 rings (SSSR count). The lowest BCUT2D eigenvalue weighted by molar-refractivity contribution is -0.142. The summed E-state index contributed by atoms with van der Waals surface area (Å²) in [4.78, 5) is 34.6. The Kier molecular flexibility index (Phi) is 5.25. The SMILES string of the molecule is Cc1cc(=O)oc2c(CN(CC(=O)O)CC(=O)O)c(O)c(Br)cc12. The van der Waals surface area contributed by atoms with Crippen LogP contribution >= 0.6 is 15.9 Å². The van der Waals surface area contributed by atoms with Crippen LogP contribution in [0, 0.1) is 6.92 Å². The van der Waals surface area contributed by atoms with Gasteiger partial charge >= 0.3 is 17.6 Å². The highest BCUT2D eigenvalue weighted by Crippen LogP contribution is 2.36. The molecule has 128 valence electrons. The van der Waals surface area contributed by atoms with Gasteiger partial charge in [0.25, 0.3) is 0 Å². The van der Waals surface area contributed by atoms with Crippen molar-refractivity contribution in [2.24, 2.45) is 0 Å². The molecule has 3 N–H and O–H groups in total. The Morgan fingerprint density at radius 3 is 2.33 bits per heavy atom. The van der Waals surface area contributed by atoms with Gasteiger partial charge in [-0.05, 0) is 34.5 Å². The molecule has 0 amide bonds. The summed E-state index contributed by atoms with van der Waals surface area (Å²) in [6.45, 7) is 0.386. The van der Waals surface area contributed by atoms with E-state index in [9.17, 15) is 19.5 Å². The lowest BCUT2D eigenvalue weighted by atomic mass is 10.1. The summed E-state index contributed by atoms with van der Waals surface area (Å²) in [5.41, 5.74) is 0.237. The van der Waals surface area contributed by atoms with Gasteiger partial charge in [-0.3, -0.25) is 14.5 Å². The first-order chi connectivity index (χ1) is 11.2. The van der Waals surface area contributed by atoms with E-state index in [0.717, 1.165) is 4.90 Å². The molecule has 0 bridgehead atoms. The van der Waals surface area contributed by atoms with Crippen molar-refractivity contribution >= 4 is 38.8 Å². The predicted octanol–water partition coefficient (Wildman–Crippen LogP) is 1.54. The second-order valence-electron chi connectivity index (χ2n) is 5.24. The zero-order chi connectivity index (χ0) is 18.0. The van der Waals surface area contributed by atoms with Crippen molar-refractivity contribution in [3.8, 4) is 5.75 Å². The van der Waals surface area contributed by atoms with Gasteiger partial charge in [0.2, 0.25) is 0 Å². The van der Waals surface area contributed by atoms with Gasteiger partial charge < -0.3 is 19.7 Å². The number of hydrogen-bond donors (Lipinski definition) is 3. The Hall–Kier alpha value is -2.39. The molecule has 1 aromatic carbocycles. The number of phenolic OH excluding ortho intramolecular Hbond substituents is 1. The molecule has 1 aromatic heterocycles. The van der Waals surface area contributed by atoms with Crippen LogP contribution in [0.2, 0.25) is 0 Å². The highest BCUT2D eigenvalue weighted by atomic mass is 79.9. The van der Waals surface area contributed by atoms with Gasteiger partial charge in [0.05, 0.1) is 23.1 Å². The number of aromatic hydroxyl groups is 1. The van der Waals surface area contributed by atoms with Crippen LogP contribution in [0.5, 0.6) is 5.75 Å². The average Bonchev–Trinajstić information content (AvgIpc) is 2.43. The van der Waals surface area contributed by atoms with Gasteiger partial charge in [-0.25, -0.2) is 4.79 Å². The zero-order valence-corrected chi connectivity index (χ0v) is 14.2. The number of carbonyl (C=O) groups is 2. The third-order valence-electron chi connectivity index (χ3n) is 3.36. The third kappa shape index (κ3) is 3.92. The molecule has 0 spiro atoms. The molecule has 24 heavy (non-hydrogen) atoms. The summed E-state index contributed by atoms with van der Waals surface area (Å²) in [5.74, 6) is -2.67. The van der Waals surface area contributed by atoms with Crippen LogP contribution < -0.4 is 5.63 Å². The van der Waals surface area contributed by atoms with E-state index in [1.807, 2.05) is 0 Å². The molecule has 1 heterocycles. The molecule has 8 nitrogen and oxygen atoms in total. The van der Waals surface area contributed by atoms with Gasteiger partial charge in [0, 0.05) is 18.0 Å². The summed E-state index contributed by atoms with van der Waals surface area (Å²) in [5, 5.41) is 28.7. The monoisotopic (exact) mass is 399 g/mol. The number of hydrogen-bond acceptors (Lipinski definition) is 6. The van der Waals surface area contributed by atoms with Crippen LogP contribution in [0.3, 0.4) is 0 Å². The number of carboxylic acid groups (broad SMARTS) is 2. The maximum atomic E-state index is 11.6. The van der Waals surface area contributed by atoms with Crippen LogP contribution in [0.1, 0.15) is 11.1 Å². The van der Waals surface area contributed by atoms with Crippen molar-refractivity contribution < 1.29 is 29.3 Å². The normalized spacial score (nSPS) is 11.1. The second-order valence-corrected chi connectivity index (χ2v) is 6.10. The summed E-state index contributed by atoms with van der Waals surface area (Å²) in [6, 6.07) is 2.87. The molecule has 0 fully saturated rings.